The Balaban J connectivity index is 1.88. The molecule has 0 saturated carbocycles. The minimum atomic E-state index is -0.262. The van der Waals surface area contributed by atoms with E-state index in [0.29, 0.717) is 23.4 Å². The monoisotopic (exact) mass is 283 g/mol. The lowest BCUT2D eigenvalue weighted by atomic mass is 9.76. The zero-order chi connectivity index (χ0) is 15.0. The highest BCUT2D eigenvalue weighted by molar-refractivity contribution is 6.09. The van der Waals surface area contributed by atoms with E-state index in [-0.39, 0.29) is 17.1 Å². The van der Waals surface area contributed by atoms with Crippen LogP contribution in [0.4, 0.5) is 5.82 Å². The lowest BCUT2D eigenvalue weighted by molar-refractivity contribution is 0.0913. The summed E-state index contributed by atoms with van der Waals surface area (Å²) in [6.07, 6.45) is 1.22. The van der Waals surface area contributed by atoms with Crippen molar-refractivity contribution in [3.63, 3.8) is 0 Å². The smallest absolute Gasteiger partial charge is 0.256 e. The van der Waals surface area contributed by atoms with Gasteiger partial charge in [-0.25, -0.2) is 0 Å². The van der Waals surface area contributed by atoms with Crippen molar-refractivity contribution in [2.75, 3.05) is 5.32 Å². The number of ketones is 1. The molecular weight excluding hydrogens is 266 g/mol. The normalized spacial score (nSPS) is 16.4. The van der Waals surface area contributed by atoms with Gasteiger partial charge in [0.1, 0.15) is 0 Å². The molecule has 1 aliphatic carbocycles. The second-order valence-electron chi connectivity index (χ2n) is 6.19. The number of hydrogen-bond donors (Lipinski definition) is 2. The van der Waals surface area contributed by atoms with Crippen LogP contribution in [0.5, 0.6) is 0 Å². The van der Waals surface area contributed by atoms with Crippen LogP contribution in [-0.4, -0.2) is 21.9 Å². The van der Waals surface area contributed by atoms with Crippen molar-refractivity contribution in [2.45, 2.75) is 26.7 Å². The van der Waals surface area contributed by atoms with Gasteiger partial charge in [-0.3, -0.25) is 14.7 Å². The Hall–Kier alpha value is -2.43. The number of rotatable bonds is 2. The molecule has 21 heavy (non-hydrogen) atoms. The van der Waals surface area contributed by atoms with Gasteiger partial charge < -0.3 is 5.32 Å². The molecule has 0 unspecified atom stereocenters. The number of amides is 1. The zero-order valence-corrected chi connectivity index (χ0v) is 12.1. The number of fused-ring (bicyclic) bond motifs is 1. The van der Waals surface area contributed by atoms with Crippen molar-refractivity contribution in [3.8, 4) is 0 Å². The number of aromatic amines is 1. The molecule has 3 rings (SSSR count). The van der Waals surface area contributed by atoms with Crippen LogP contribution in [0.2, 0.25) is 0 Å². The summed E-state index contributed by atoms with van der Waals surface area (Å²) in [5.41, 5.74) is 1.80. The van der Waals surface area contributed by atoms with Crippen LogP contribution in [0.1, 0.15) is 46.7 Å². The van der Waals surface area contributed by atoms with Gasteiger partial charge >= 0.3 is 0 Å². The van der Waals surface area contributed by atoms with Gasteiger partial charge in [0.2, 0.25) is 0 Å². The summed E-state index contributed by atoms with van der Waals surface area (Å²) < 4.78 is 0. The Morgan fingerprint density at radius 2 is 1.95 bits per heavy atom. The summed E-state index contributed by atoms with van der Waals surface area (Å²) >= 11 is 0. The van der Waals surface area contributed by atoms with E-state index in [1.807, 2.05) is 6.07 Å². The first-order chi connectivity index (χ1) is 9.96. The summed E-state index contributed by atoms with van der Waals surface area (Å²) in [7, 11) is 0. The number of carbonyl (C=O) groups is 2. The molecule has 0 bridgehead atoms. The van der Waals surface area contributed by atoms with Crippen LogP contribution in [0.15, 0.2) is 30.3 Å². The molecule has 1 amide bonds. The fourth-order valence-electron chi connectivity index (χ4n) is 2.73. The minimum absolute atomic E-state index is 0.0263. The lowest BCUT2D eigenvalue weighted by Crippen LogP contribution is -2.27. The zero-order valence-electron chi connectivity index (χ0n) is 12.1. The second-order valence-corrected chi connectivity index (χ2v) is 6.19. The van der Waals surface area contributed by atoms with E-state index in [2.05, 4.69) is 29.4 Å². The third kappa shape index (κ3) is 2.59. The predicted molar refractivity (Wildman–Crippen MR) is 79.4 cm³/mol. The van der Waals surface area contributed by atoms with Gasteiger partial charge in [-0.1, -0.05) is 32.0 Å². The van der Waals surface area contributed by atoms with E-state index in [1.165, 1.54) is 0 Å². The number of H-pyrrole nitrogens is 1. The van der Waals surface area contributed by atoms with E-state index in [0.717, 1.165) is 12.1 Å². The molecule has 0 radical (unpaired) electrons. The Labute approximate surface area is 122 Å². The van der Waals surface area contributed by atoms with Crippen molar-refractivity contribution < 1.29 is 9.59 Å². The topological polar surface area (TPSA) is 74.8 Å². The van der Waals surface area contributed by atoms with Gasteiger partial charge in [-0.15, -0.1) is 0 Å². The molecule has 2 N–H and O–H groups in total. The average Bonchev–Trinajstić information content (AvgIpc) is 2.81. The van der Waals surface area contributed by atoms with Gasteiger partial charge in [0.25, 0.3) is 5.91 Å². The standard InChI is InChI=1S/C16H17N3O2/c1-16(2)8-11-13(12(20)9-16)14(19-18-11)17-15(21)10-6-4-3-5-7-10/h3-7H,8-9H2,1-2H3,(H2,17,18,19,21). The molecule has 5 heteroatoms. The van der Waals surface area contributed by atoms with Crippen LogP contribution in [0.3, 0.4) is 0 Å². The molecule has 1 heterocycles. The van der Waals surface area contributed by atoms with Gasteiger partial charge in [0.05, 0.1) is 5.56 Å². The van der Waals surface area contributed by atoms with Crippen LogP contribution < -0.4 is 5.32 Å². The van der Waals surface area contributed by atoms with E-state index < -0.39 is 0 Å². The van der Waals surface area contributed by atoms with E-state index in [9.17, 15) is 9.59 Å². The molecule has 2 aromatic rings. The van der Waals surface area contributed by atoms with Crippen molar-refractivity contribution in [1.29, 1.82) is 0 Å². The Kier molecular flexibility index (Phi) is 3.12. The number of benzene rings is 1. The quantitative estimate of drug-likeness (QED) is 0.890. The number of anilines is 1. The van der Waals surface area contributed by atoms with Gasteiger partial charge in [0.15, 0.2) is 11.6 Å². The summed E-state index contributed by atoms with van der Waals surface area (Å²) in [4.78, 5) is 24.4. The summed E-state index contributed by atoms with van der Waals surface area (Å²) in [5.74, 6) is 0.0975. The van der Waals surface area contributed by atoms with Crippen molar-refractivity contribution in [3.05, 3.63) is 47.2 Å². The first-order valence-corrected chi connectivity index (χ1v) is 6.93. The Morgan fingerprint density at radius 1 is 1.24 bits per heavy atom. The maximum atomic E-state index is 12.3. The fourth-order valence-corrected chi connectivity index (χ4v) is 2.73. The molecule has 0 fully saturated rings. The highest BCUT2D eigenvalue weighted by Gasteiger charge is 2.35. The van der Waals surface area contributed by atoms with Crippen LogP contribution >= 0.6 is 0 Å². The minimum Gasteiger partial charge on any atom is -0.304 e. The number of aromatic nitrogens is 2. The summed E-state index contributed by atoms with van der Waals surface area (Å²) in [6, 6.07) is 8.88. The average molecular weight is 283 g/mol. The molecule has 1 aromatic heterocycles. The third-order valence-electron chi connectivity index (χ3n) is 3.68. The van der Waals surface area contributed by atoms with E-state index in [4.69, 9.17) is 0 Å². The maximum Gasteiger partial charge on any atom is 0.256 e. The molecule has 1 aromatic carbocycles. The summed E-state index contributed by atoms with van der Waals surface area (Å²) in [6.45, 7) is 4.10. The SMILES string of the molecule is CC1(C)CC(=O)c2c(NC(=O)c3ccccc3)n[nH]c2C1. The van der Waals surface area contributed by atoms with Crippen molar-refractivity contribution in [1.82, 2.24) is 10.2 Å². The van der Waals surface area contributed by atoms with Crippen molar-refractivity contribution >= 4 is 17.5 Å². The molecule has 0 atom stereocenters. The van der Waals surface area contributed by atoms with Crippen LogP contribution in [0.25, 0.3) is 0 Å². The fraction of sp³-hybridized carbons (Fsp3) is 0.312. The number of carbonyl (C=O) groups excluding carboxylic acids is 2. The molecule has 0 saturated heterocycles. The Bertz CT molecular complexity index is 702. The molecule has 0 aliphatic heterocycles. The van der Waals surface area contributed by atoms with Gasteiger partial charge in [-0.05, 0) is 24.0 Å². The first kappa shape index (κ1) is 13.5. The maximum absolute atomic E-state index is 12.3. The highest BCUT2D eigenvalue weighted by Crippen LogP contribution is 2.36. The number of Topliss-reactive ketones (excluding diaryl/α,β-unsaturated/α-hetero) is 1. The largest absolute Gasteiger partial charge is 0.304 e. The van der Waals surface area contributed by atoms with E-state index >= 15 is 0 Å². The predicted octanol–water partition coefficient (Wildman–Crippen LogP) is 2.82. The van der Waals surface area contributed by atoms with Crippen LogP contribution in [-0.2, 0) is 6.42 Å². The highest BCUT2D eigenvalue weighted by atomic mass is 16.2. The molecular formula is C16H17N3O2. The summed E-state index contributed by atoms with van der Waals surface area (Å²) in [5, 5.41) is 9.71. The Morgan fingerprint density at radius 3 is 2.67 bits per heavy atom. The van der Waals surface area contributed by atoms with Gasteiger partial charge in [-0.2, -0.15) is 5.10 Å². The van der Waals surface area contributed by atoms with Gasteiger partial charge in [0, 0.05) is 17.7 Å². The first-order valence-electron chi connectivity index (χ1n) is 6.93. The van der Waals surface area contributed by atoms with Crippen LogP contribution in [0, 0.1) is 5.41 Å². The number of nitrogens with zero attached hydrogens (tertiary/aromatic N) is 1. The molecule has 108 valence electrons. The second kappa shape index (κ2) is 4.84. The lowest BCUT2D eigenvalue weighted by Gasteiger charge is -2.27. The third-order valence-corrected chi connectivity index (χ3v) is 3.68. The molecule has 1 aliphatic rings. The van der Waals surface area contributed by atoms with Crippen molar-refractivity contribution in [2.24, 2.45) is 5.41 Å². The number of nitrogens with one attached hydrogen (secondary N) is 2. The number of hydrogen-bond acceptors (Lipinski definition) is 3. The molecule has 0 spiro atoms. The van der Waals surface area contributed by atoms with E-state index in [1.54, 1.807) is 24.3 Å². The molecule has 5 nitrogen and oxygen atoms in total.